The molecule has 0 bridgehead atoms. The number of hydrogen-bond donors (Lipinski definition) is 2. The van der Waals surface area contributed by atoms with Crippen molar-refractivity contribution in [2.45, 2.75) is 58.8 Å². The SMILES string of the molecule is CC(C)(C)OC(=O)N1CCN(C(=O)OC(C)(C)C)C(C(=O)NN)C1. The number of nitrogens with zero attached hydrogens (tertiary/aromatic N) is 2. The Kier molecular flexibility index (Phi) is 6.04. The Labute approximate surface area is 142 Å². The maximum Gasteiger partial charge on any atom is 0.411 e. The number of nitrogens with one attached hydrogen (secondary N) is 1. The minimum atomic E-state index is -0.939. The summed E-state index contributed by atoms with van der Waals surface area (Å²) in [5, 5.41) is 0. The van der Waals surface area contributed by atoms with Gasteiger partial charge in [-0.15, -0.1) is 0 Å². The van der Waals surface area contributed by atoms with Crippen molar-refractivity contribution in [2.24, 2.45) is 5.84 Å². The van der Waals surface area contributed by atoms with Gasteiger partial charge in [-0.1, -0.05) is 0 Å². The van der Waals surface area contributed by atoms with E-state index in [2.05, 4.69) is 0 Å². The standard InChI is InChI=1S/C15H28N4O5/c1-14(2,3)23-12(21)18-7-8-19(10(9-18)11(20)17-16)13(22)24-15(4,5)6/h10H,7-9,16H2,1-6H3,(H,17,20). The molecule has 0 radical (unpaired) electrons. The summed E-state index contributed by atoms with van der Waals surface area (Å²) in [6.45, 7) is 10.8. The molecule has 138 valence electrons. The second kappa shape index (κ2) is 7.25. The van der Waals surface area contributed by atoms with Gasteiger partial charge in [0.25, 0.3) is 5.91 Å². The normalized spacial score (nSPS) is 18.9. The summed E-state index contributed by atoms with van der Waals surface area (Å²) in [6, 6.07) is -0.939. The molecule has 1 fully saturated rings. The van der Waals surface area contributed by atoms with Crippen LogP contribution in [0.4, 0.5) is 9.59 Å². The first-order valence-electron chi connectivity index (χ1n) is 7.82. The van der Waals surface area contributed by atoms with E-state index in [-0.39, 0.29) is 19.6 Å². The number of ether oxygens (including phenoxy) is 2. The first kappa shape index (κ1) is 20.0. The van der Waals surface area contributed by atoms with Gasteiger partial charge in [-0.2, -0.15) is 0 Å². The number of hydrogen-bond acceptors (Lipinski definition) is 6. The van der Waals surface area contributed by atoms with Crippen LogP contribution in [0, 0.1) is 0 Å². The maximum atomic E-state index is 12.3. The van der Waals surface area contributed by atoms with Crippen molar-refractivity contribution in [2.75, 3.05) is 19.6 Å². The number of amides is 3. The van der Waals surface area contributed by atoms with E-state index in [9.17, 15) is 14.4 Å². The number of piperazine rings is 1. The van der Waals surface area contributed by atoms with E-state index < -0.39 is 35.3 Å². The summed E-state index contributed by atoms with van der Waals surface area (Å²) < 4.78 is 10.6. The highest BCUT2D eigenvalue weighted by molar-refractivity contribution is 5.86. The Morgan fingerprint density at radius 2 is 1.46 bits per heavy atom. The van der Waals surface area contributed by atoms with Crippen LogP contribution in [0.2, 0.25) is 0 Å². The zero-order valence-electron chi connectivity index (χ0n) is 15.2. The van der Waals surface area contributed by atoms with Crippen molar-refractivity contribution in [1.29, 1.82) is 0 Å². The highest BCUT2D eigenvalue weighted by Gasteiger charge is 2.39. The monoisotopic (exact) mass is 344 g/mol. The number of carbonyl (C=O) groups is 3. The molecule has 3 amide bonds. The predicted octanol–water partition coefficient (Wildman–Crippen LogP) is 0.833. The molecule has 9 nitrogen and oxygen atoms in total. The van der Waals surface area contributed by atoms with Crippen molar-refractivity contribution in [3.63, 3.8) is 0 Å². The fraction of sp³-hybridized carbons (Fsp3) is 0.800. The molecular formula is C15H28N4O5. The molecule has 1 unspecified atom stereocenters. The summed E-state index contributed by atoms with van der Waals surface area (Å²) in [5.74, 6) is 4.63. The molecule has 1 saturated heterocycles. The van der Waals surface area contributed by atoms with Gasteiger partial charge in [0.05, 0.1) is 6.54 Å². The summed E-state index contributed by atoms with van der Waals surface area (Å²) in [5.41, 5.74) is 0.684. The lowest BCUT2D eigenvalue weighted by molar-refractivity contribution is -0.128. The van der Waals surface area contributed by atoms with Crippen molar-refractivity contribution in [3.05, 3.63) is 0 Å². The molecule has 0 aromatic heterocycles. The van der Waals surface area contributed by atoms with Crippen LogP contribution in [0.1, 0.15) is 41.5 Å². The third-order valence-electron chi connectivity index (χ3n) is 3.10. The zero-order valence-corrected chi connectivity index (χ0v) is 15.2. The highest BCUT2D eigenvalue weighted by atomic mass is 16.6. The lowest BCUT2D eigenvalue weighted by atomic mass is 10.1. The molecule has 0 aromatic carbocycles. The Bertz CT molecular complexity index is 495. The molecule has 24 heavy (non-hydrogen) atoms. The molecule has 1 rings (SSSR count). The van der Waals surface area contributed by atoms with Gasteiger partial charge in [-0.25, -0.2) is 15.4 Å². The smallest absolute Gasteiger partial charge is 0.411 e. The van der Waals surface area contributed by atoms with Crippen LogP contribution in [-0.4, -0.2) is 64.8 Å². The largest absolute Gasteiger partial charge is 0.444 e. The quantitative estimate of drug-likeness (QED) is 0.414. The van der Waals surface area contributed by atoms with Crippen LogP contribution < -0.4 is 11.3 Å². The van der Waals surface area contributed by atoms with Gasteiger partial charge in [0, 0.05) is 13.1 Å². The summed E-state index contributed by atoms with van der Waals surface area (Å²) in [6.07, 6.45) is -1.17. The molecule has 3 N–H and O–H groups in total. The second-order valence-corrected chi connectivity index (χ2v) is 7.62. The summed E-state index contributed by atoms with van der Waals surface area (Å²) in [7, 11) is 0. The minimum absolute atomic E-state index is 0.0167. The van der Waals surface area contributed by atoms with Crippen molar-refractivity contribution < 1.29 is 23.9 Å². The third-order valence-corrected chi connectivity index (χ3v) is 3.10. The van der Waals surface area contributed by atoms with E-state index in [0.717, 1.165) is 0 Å². The average molecular weight is 344 g/mol. The number of rotatable bonds is 1. The summed E-state index contributed by atoms with van der Waals surface area (Å²) >= 11 is 0. The van der Waals surface area contributed by atoms with Gasteiger partial charge >= 0.3 is 12.2 Å². The van der Waals surface area contributed by atoms with Gasteiger partial charge < -0.3 is 14.4 Å². The third kappa shape index (κ3) is 5.88. The molecule has 1 atom stereocenters. The van der Waals surface area contributed by atoms with Crippen molar-refractivity contribution in [1.82, 2.24) is 15.2 Å². The Hall–Kier alpha value is -2.03. The first-order chi connectivity index (χ1) is 10.8. The van der Waals surface area contributed by atoms with E-state index in [1.54, 1.807) is 41.5 Å². The van der Waals surface area contributed by atoms with Crippen LogP contribution in [0.3, 0.4) is 0 Å². The highest BCUT2D eigenvalue weighted by Crippen LogP contribution is 2.18. The van der Waals surface area contributed by atoms with Gasteiger partial charge in [-0.3, -0.25) is 15.1 Å². The van der Waals surface area contributed by atoms with E-state index in [1.807, 2.05) is 5.43 Å². The van der Waals surface area contributed by atoms with Gasteiger partial charge in [0.1, 0.15) is 17.2 Å². The molecule has 0 saturated carbocycles. The van der Waals surface area contributed by atoms with E-state index in [1.165, 1.54) is 9.80 Å². The fourth-order valence-electron chi connectivity index (χ4n) is 2.13. The fourth-order valence-corrected chi connectivity index (χ4v) is 2.13. The van der Waals surface area contributed by atoms with Gasteiger partial charge in [0.2, 0.25) is 0 Å². The molecular weight excluding hydrogens is 316 g/mol. The minimum Gasteiger partial charge on any atom is -0.444 e. The van der Waals surface area contributed by atoms with E-state index in [4.69, 9.17) is 15.3 Å². The number of hydrazine groups is 1. The Morgan fingerprint density at radius 1 is 0.958 bits per heavy atom. The molecule has 9 heteroatoms. The van der Waals surface area contributed by atoms with Crippen LogP contribution in [0.5, 0.6) is 0 Å². The molecule has 0 aliphatic carbocycles. The van der Waals surface area contributed by atoms with Crippen LogP contribution in [0.25, 0.3) is 0 Å². The number of nitrogens with two attached hydrogens (primary N) is 1. The number of carbonyl (C=O) groups excluding carboxylic acids is 3. The second-order valence-electron chi connectivity index (χ2n) is 7.62. The zero-order chi connectivity index (χ0) is 18.7. The van der Waals surface area contributed by atoms with Gasteiger partial charge in [0.15, 0.2) is 0 Å². The Balaban J connectivity index is 2.87. The van der Waals surface area contributed by atoms with Crippen LogP contribution >= 0.6 is 0 Å². The molecule has 0 spiro atoms. The van der Waals surface area contributed by atoms with Crippen LogP contribution in [-0.2, 0) is 14.3 Å². The summed E-state index contributed by atoms with van der Waals surface area (Å²) in [4.78, 5) is 39.2. The lowest BCUT2D eigenvalue weighted by Gasteiger charge is -2.40. The topological polar surface area (TPSA) is 114 Å². The lowest BCUT2D eigenvalue weighted by Crippen LogP contribution is -2.63. The molecule has 0 aromatic rings. The molecule has 1 aliphatic heterocycles. The average Bonchev–Trinajstić information content (AvgIpc) is 2.42. The van der Waals surface area contributed by atoms with Crippen molar-refractivity contribution in [3.8, 4) is 0 Å². The van der Waals surface area contributed by atoms with Crippen molar-refractivity contribution >= 4 is 18.1 Å². The van der Waals surface area contributed by atoms with Crippen LogP contribution in [0.15, 0.2) is 0 Å². The predicted molar refractivity (Wildman–Crippen MR) is 86.9 cm³/mol. The Morgan fingerprint density at radius 3 is 1.92 bits per heavy atom. The van der Waals surface area contributed by atoms with E-state index >= 15 is 0 Å². The maximum absolute atomic E-state index is 12.3. The van der Waals surface area contributed by atoms with Gasteiger partial charge in [-0.05, 0) is 41.5 Å². The van der Waals surface area contributed by atoms with E-state index in [0.29, 0.717) is 0 Å². The first-order valence-corrected chi connectivity index (χ1v) is 7.82. The molecule has 1 heterocycles. The molecule has 1 aliphatic rings.